The van der Waals surface area contributed by atoms with Crippen molar-refractivity contribution >= 4 is 45.8 Å². The molecule has 10 nitrogen and oxygen atoms in total. The summed E-state index contributed by atoms with van der Waals surface area (Å²) >= 11 is 12.5. The highest BCUT2D eigenvalue weighted by Gasteiger charge is 2.62. The molecule has 6 rings (SSSR count). The van der Waals surface area contributed by atoms with E-state index in [0.29, 0.717) is 10.7 Å². The number of hydrogen-bond acceptors (Lipinski definition) is 8. The molecule has 4 aromatic rings. The van der Waals surface area contributed by atoms with E-state index < -0.39 is 34.3 Å². The number of methoxy groups -OCH3 is 2. The van der Waals surface area contributed by atoms with Gasteiger partial charge in [-0.2, -0.15) is 0 Å². The maximum Gasteiger partial charge on any atom is 0.330 e. The van der Waals surface area contributed by atoms with Crippen LogP contribution >= 0.6 is 23.2 Å². The molecule has 2 unspecified atom stereocenters. The minimum absolute atomic E-state index is 0.00471. The molecule has 0 saturated carbocycles. The highest BCUT2D eigenvalue weighted by atomic mass is 35.5. The first-order valence-corrected chi connectivity index (χ1v) is 13.0. The number of pyridine rings is 1. The number of Topliss-reactive ketones (excluding diaryl/α,β-unsaturated/α-hetero) is 2. The van der Waals surface area contributed by atoms with Crippen molar-refractivity contribution < 1.29 is 23.8 Å². The van der Waals surface area contributed by atoms with E-state index in [9.17, 15) is 19.2 Å². The molecular formula is C28H21Cl2N3O7. The number of aromatic nitrogens is 3. The number of carbonyl (C=O) groups is 2. The van der Waals surface area contributed by atoms with Crippen LogP contribution in [0.3, 0.4) is 0 Å². The molecule has 1 aliphatic carbocycles. The number of fused-ring (bicyclic) bond motifs is 3. The van der Waals surface area contributed by atoms with Crippen molar-refractivity contribution in [2.45, 2.75) is 25.5 Å². The number of H-pyrrole nitrogens is 1. The van der Waals surface area contributed by atoms with Gasteiger partial charge in [0.2, 0.25) is 17.2 Å². The van der Waals surface area contributed by atoms with E-state index in [1.165, 1.54) is 30.9 Å². The molecule has 2 aliphatic rings. The van der Waals surface area contributed by atoms with E-state index in [4.69, 9.17) is 37.4 Å². The molecule has 2 atom stereocenters. The fourth-order valence-corrected chi connectivity index (χ4v) is 5.84. The summed E-state index contributed by atoms with van der Waals surface area (Å²) in [6.07, 6.45) is 0.149. The predicted octanol–water partition coefficient (Wildman–Crippen LogP) is 3.85. The molecule has 12 heteroatoms. The smallest absolute Gasteiger partial charge is 0.330 e. The van der Waals surface area contributed by atoms with Crippen LogP contribution in [-0.2, 0) is 13.0 Å². The average molecular weight is 582 g/mol. The van der Waals surface area contributed by atoms with Crippen molar-refractivity contribution in [3.05, 3.63) is 89.7 Å². The number of ether oxygens (including phenoxy) is 3. The molecule has 3 heterocycles. The summed E-state index contributed by atoms with van der Waals surface area (Å²) in [4.78, 5) is 60.7. The number of hydrogen-bond donors (Lipinski definition) is 1. The van der Waals surface area contributed by atoms with E-state index in [2.05, 4.69) is 9.97 Å². The molecule has 0 saturated heterocycles. The van der Waals surface area contributed by atoms with Gasteiger partial charge in [-0.25, -0.2) is 9.78 Å². The van der Waals surface area contributed by atoms with Crippen LogP contribution < -0.4 is 25.5 Å². The average Bonchev–Trinajstić information content (AvgIpc) is 3.25. The van der Waals surface area contributed by atoms with Gasteiger partial charge < -0.3 is 14.2 Å². The third-order valence-corrected chi connectivity index (χ3v) is 8.11. The topological polar surface area (TPSA) is 130 Å². The number of nitrogens with zero attached hydrogens (tertiary/aromatic N) is 2. The number of ketones is 2. The van der Waals surface area contributed by atoms with E-state index >= 15 is 0 Å². The Kier molecular flexibility index (Phi) is 6.01. The van der Waals surface area contributed by atoms with Crippen molar-refractivity contribution in [2.24, 2.45) is 5.92 Å². The second-order valence-corrected chi connectivity index (χ2v) is 10.5. The Hall–Kier alpha value is -4.15. The van der Waals surface area contributed by atoms with Crippen LogP contribution in [0, 0.1) is 5.92 Å². The molecule has 40 heavy (non-hydrogen) atoms. The zero-order valence-corrected chi connectivity index (χ0v) is 23.0. The number of aromatic amines is 1. The first-order chi connectivity index (χ1) is 19.1. The monoisotopic (exact) mass is 581 g/mol. The predicted molar refractivity (Wildman–Crippen MR) is 147 cm³/mol. The fraction of sp³-hybridized carbons (Fsp3) is 0.250. The van der Waals surface area contributed by atoms with E-state index in [1.54, 1.807) is 31.2 Å². The van der Waals surface area contributed by atoms with Crippen LogP contribution in [0.4, 0.5) is 0 Å². The summed E-state index contributed by atoms with van der Waals surface area (Å²) in [5.74, 6) is -1.57. The van der Waals surface area contributed by atoms with Crippen LogP contribution in [0.5, 0.6) is 17.2 Å². The summed E-state index contributed by atoms with van der Waals surface area (Å²) in [6, 6.07) is 9.73. The van der Waals surface area contributed by atoms with Gasteiger partial charge in [-0.05, 0) is 30.2 Å². The lowest BCUT2D eigenvalue weighted by Crippen LogP contribution is -2.57. The van der Waals surface area contributed by atoms with E-state index in [1.807, 2.05) is 0 Å². The minimum Gasteiger partial charge on any atom is -0.496 e. The lowest BCUT2D eigenvalue weighted by atomic mass is 9.71. The van der Waals surface area contributed by atoms with Gasteiger partial charge in [0, 0.05) is 22.6 Å². The molecule has 2 aromatic heterocycles. The first kappa shape index (κ1) is 26.1. The Morgan fingerprint density at radius 2 is 1.75 bits per heavy atom. The van der Waals surface area contributed by atoms with Crippen LogP contribution in [0.15, 0.2) is 46.0 Å². The Bertz CT molecular complexity index is 1880. The van der Waals surface area contributed by atoms with E-state index in [0.717, 1.165) is 5.56 Å². The minimum atomic E-state index is -1.95. The van der Waals surface area contributed by atoms with Crippen molar-refractivity contribution in [3.63, 3.8) is 0 Å². The number of benzene rings is 2. The number of nitrogens with one attached hydrogen (secondary N) is 1. The Morgan fingerprint density at radius 3 is 2.42 bits per heavy atom. The zero-order valence-electron chi connectivity index (χ0n) is 21.5. The van der Waals surface area contributed by atoms with Gasteiger partial charge in [0.25, 0.3) is 5.56 Å². The summed E-state index contributed by atoms with van der Waals surface area (Å²) < 4.78 is 18.2. The van der Waals surface area contributed by atoms with Crippen LogP contribution in [0.25, 0.3) is 11.0 Å². The van der Waals surface area contributed by atoms with Gasteiger partial charge in [-0.3, -0.25) is 23.9 Å². The number of carbonyl (C=O) groups excluding carboxylic acids is 2. The Morgan fingerprint density at radius 1 is 1.05 bits per heavy atom. The zero-order chi connectivity index (χ0) is 28.5. The molecule has 0 bridgehead atoms. The summed E-state index contributed by atoms with van der Waals surface area (Å²) in [5.41, 5.74) is -1.99. The highest BCUT2D eigenvalue weighted by Crippen LogP contribution is 2.53. The van der Waals surface area contributed by atoms with Gasteiger partial charge in [0.15, 0.2) is 5.75 Å². The van der Waals surface area contributed by atoms with Gasteiger partial charge in [-0.1, -0.05) is 42.3 Å². The third-order valence-electron chi connectivity index (χ3n) is 7.50. The SMILES string of the molecule is COc1cc(OC)c2c(c1Cl)OC1(C(=O)c3cc4c(=O)[nH]c(=O)n(Cc5ccc(Cl)cc5)c4nc3CC1C)C2=O. The molecule has 1 aliphatic heterocycles. The Labute approximate surface area is 236 Å². The van der Waals surface area contributed by atoms with Crippen molar-refractivity contribution in [2.75, 3.05) is 14.2 Å². The molecular weight excluding hydrogens is 561 g/mol. The number of rotatable bonds is 4. The molecule has 0 amide bonds. The van der Waals surface area contributed by atoms with Gasteiger partial charge in [0.05, 0.1) is 31.8 Å². The van der Waals surface area contributed by atoms with Crippen LogP contribution in [0.2, 0.25) is 10.0 Å². The summed E-state index contributed by atoms with van der Waals surface area (Å²) in [5, 5.41) is 0.596. The normalized spacial score (nSPS) is 19.5. The number of halogens is 2. The van der Waals surface area contributed by atoms with Gasteiger partial charge >= 0.3 is 5.69 Å². The highest BCUT2D eigenvalue weighted by molar-refractivity contribution is 6.36. The second kappa shape index (κ2) is 9.21. The molecule has 1 N–H and O–H groups in total. The maximum absolute atomic E-state index is 14.1. The van der Waals surface area contributed by atoms with Crippen molar-refractivity contribution in [1.29, 1.82) is 0 Å². The fourth-order valence-electron chi connectivity index (χ4n) is 5.45. The lowest BCUT2D eigenvalue weighted by molar-refractivity contribution is 0.0257. The van der Waals surface area contributed by atoms with Crippen LogP contribution in [-0.4, -0.2) is 45.9 Å². The standard InChI is InChI=1S/C28H21Cl2N3O7/c1-12-8-17-15(23(34)28(12)24(35)20-18(38-2)10-19(39-3)21(30)22(20)40-28)9-16-25(31-17)33(27(37)32-26(16)36)11-13-4-6-14(29)7-5-13/h4-7,9-10,12H,8,11H2,1-3H3,(H,32,36,37). The molecule has 2 aromatic carbocycles. The van der Waals surface area contributed by atoms with Crippen LogP contribution in [0.1, 0.15) is 38.9 Å². The Balaban J connectivity index is 1.51. The summed E-state index contributed by atoms with van der Waals surface area (Å²) in [7, 11) is 2.79. The quantitative estimate of drug-likeness (QED) is 0.360. The second-order valence-electron chi connectivity index (χ2n) is 9.73. The largest absolute Gasteiger partial charge is 0.496 e. The molecule has 0 radical (unpaired) electrons. The lowest BCUT2D eigenvalue weighted by Gasteiger charge is -2.36. The van der Waals surface area contributed by atoms with Crippen molar-refractivity contribution in [3.8, 4) is 17.2 Å². The third kappa shape index (κ3) is 3.59. The van der Waals surface area contributed by atoms with Crippen molar-refractivity contribution in [1.82, 2.24) is 14.5 Å². The first-order valence-electron chi connectivity index (χ1n) is 12.2. The molecule has 204 valence electrons. The summed E-state index contributed by atoms with van der Waals surface area (Å²) in [6.45, 7) is 1.81. The maximum atomic E-state index is 14.1. The van der Waals surface area contributed by atoms with Gasteiger partial charge in [-0.15, -0.1) is 0 Å². The van der Waals surface area contributed by atoms with E-state index in [-0.39, 0.29) is 57.4 Å². The molecule has 1 spiro atoms. The molecule has 0 fully saturated rings. The van der Waals surface area contributed by atoms with Gasteiger partial charge in [0.1, 0.15) is 27.7 Å².